The van der Waals surface area contributed by atoms with Crippen molar-refractivity contribution in [1.29, 1.82) is 0 Å². The second-order valence-corrected chi connectivity index (χ2v) is 6.49. The molecule has 1 atom stereocenters. The van der Waals surface area contributed by atoms with Crippen molar-refractivity contribution in [3.63, 3.8) is 0 Å². The molecule has 128 valence electrons. The maximum atomic E-state index is 12.2. The van der Waals surface area contributed by atoms with Crippen LogP contribution in [0.1, 0.15) is 38.7 Å². The van der Waals surface area contributed by atoms with Crippen molar-refractivity contribution in [3.05, 3.63) is 23.8 Å². The highest BCUT2D eigenvalue weighted by Gasteiger charge is 2.28. The number of nitrogens with one attached hydrogen (secondary N) is 2. The monoisotopic (exact) mass is 321 g/mol. The Labute approximate surface area is 138 Å². The number of quaternary nitrogens is 1. The van der Waals surface area contributed by atoms with E-state index in [4.69, 9.17) is 4.74 Å². The van der Waals surface area contributed by atoms with Crippen LogP contribution in [-0.2, 0) is 11.3 Å². The largest absolute Gasteiger partial charge is 0.504 e. The van der Waals surface area contributed by atoms with Crippen LogP contribution in [0.25, 0.3) is 0 Å². The summed E-state index contributed by atoms with van der Waals surface area (Å²) in [4.78, 5) is 13.6. The predicted octanol–water partition coefficient (Wildman–Crippen LogP) is 1.11. The van der Waals surface area contributed by atoms with Crippen LogP contribution in [0.15, 0.2) is 18.2 Å². The van der Waals surface area contributed by atoms with Crippen molar-refractivity contribution in [2.45, 2.75) is 45.7 Å². The first kappa shape index (κ1) is 17.6. The molecule has 0 aliphatic carbocycles. The van der Waals surface area contributed by atoms with E-state index in [0.717, 1.165) is 44.5 Å². The second kappa shape index (κ2) is 8.20. The highest BCUT2D eigenvalue weighted by atomic mass is 16.5. The fourth-order valence-electron chi connectivity index (χ4n) is 3.07. The minimum absolute atomic E-state index is 0.131. The number of hydrogen-bond acceptors (Lipinski definition) is 3. The van der Waals surface area contributed by atoms with Crippen LogP contribution in [0.4, 0.5) is 0 Å². The Bertz CT molecular complexity index is 525. The van der Waals surface area contributed by atoms with E-state index in [1.807, 2.05) is 19.1 Å². The van der Waals surface area contributed by atoms with Crippen molar-refractivity contribution in [2.24, 2.45) is 5.92 Å². The molecule has 1 amide bonds. The Morgan fingerprint density at radius 3 is 2.74 bits per heavy atom. The van der Waals surface area contributed by atoms with Crippen LogP contribution in [0.5, 0.6) is 11.5 Å². The van der Waals surface area contributed by atoms with Gasteiger partial charge in [-0.25, -0.2) is 0 Å². The SMILES string of the molecule is CC[C@@H](C)NC(=O)C1CC[NH+](Cc2cccc(OC)c2O)CC1. The van der Waals surface area contributed by atoms with Crippen molar-refractivity contribution in [3.8, 4) is 11.5 Å². The number of amides is 1. The molecule has 0 spiro atoms. The number of phenolic OH excluding ortho intramolecular Hbond substituents is 1. The molecule has 0 aromatic heterocycles. The van der Waals surface area contributed by atoms with E-state index in [2.05, 4.69) is 12.2 Å². The summed E-state index contributed by atoms with van der Waals surface area (Å²) >= 11 is 0. The number of piperidine rings is 1. The van der Waals surface area contributed by atoms with Crippen molar-refractivity contribution >= 4 is 5.91 Å². The molecular weight excluding hydrogens is 292 g/mol. The minimum atomic E-state index is 0.131. The fraction of sp³-hybridized carbons (Fsp3) is 0.611. The summed E-state index contributed by atoms with van der Waals surface area (Å²) in [6, 6.07) is 5.85. The molecule has 1 fully saturated rings. The van der Waals surface area contributed by atoms with Gasteiger partial charge in [-0.05, 0) is 25.5 Å². The van der Waals surface area contributed by atoms with Gasteiger partial charge in [-0.1, -0.05) is 13.0 Å². The molecule has 1 aromatic carbocycles. The molecular formula is C18H29N2O3+. The lowest BCUT2D eigenvalue weighted by molar-refractivity contribution is -0.919. The maximum Gasteiger partial charge on any atom is 0.223 e. The third-order valence-corrected chi connectivity index (χ3v) is 4.81. The lowest BCUT2D eigenvalue weighted by atomic mass is 9.95. The third-order valence-electron chi connectivity index (χ3n) is 4.81. The third kappa shape index (κ3) is 4.61. The Kier molecular flexibility index (Phi) is 6.28. The van der Waals surface area contributed by atoms with Gasteiger partial charge in [0.15, 0.2) is 11.5 Å². The molecule has 1 aliphatic rings. The van der Waals surface area contributed by atoms with E-state index in [1.54, 1.807) is 13.2 Å². The zero-order valence-corrected chi connectivity index (χ0v) is 14.4. The molecule has 5 nitrogen and oxygen atoms in total. The molecule has 5 heteroatoms. The smallest absolute Gasteiger partial charge is 0.223 e. The Hall–Kier alpha value is -1.75. The van der Waals surface area contributed by atoms with E-state index in [1.165, 1.54) is 4.90 Å². The van der Waals surface area contributed by atoms with Crippen LogP contribution < -0.4 is 15.0 Å². The molecule has 23 heavy (non-hydrogen) atoms. The van der Waals surface area contributed by atoms with E-state index < -0.39 is 0 Å². The zero-order chi connectivity index (χ0) is 16.8. The molecule has 1 saturated heterocycles. The number of hydrogen-bond donors (Lipinski definition) is 3. The molecule has 2 rings (SSSR count). The van der Waals surface area contributed by atoms with Gasteiger partial charge in [0.05, 0.1) is 25.8 Å². The highest BCUT2D eigenvalue weighted by Crippen LogP contribution is 2.28. The number of carbonyl (C=O) groups is 1. The zero-order valence-electron chi connectivity index (χ0n) is 14.4. The number of aromatic hydroxyl groups is 1. The van der Waals surface area contributed by atoms with Crippen LogP contribution in [0.2, 0.25) is 0 Å². The summed E-state index contributed by atoms with van der Waals surface area (Å²) in [5.74, 6) is 1.08. The van der Waals surface area contributed by atoms with Gasteiger partial charge in [0.1, 0.15) is 6.54 Å². The van der Waals surface area contributed by atoms with Gasteiger partial charge in [0.25, 0.3) is 0 Å². The molecule has 0 radical (unpaired) electrons. The number of rotatable bonds is 6. The number of likely N-dealkylation sites (tertiary alicyclic amines) is 1. The molecule has 0 bridgehead atoms. The van der Waals surface area contributed by atoms with Crippen molar-refractivity contribution < 1.29 is 19.5 Å². The first-order valence-electron chi connectivity index (χ1n) is 8.53. The van der Waals surface area contributed by atoms with E-state index in [9.17, 15) is 9.90 Å². The molecule has 1 heterocycles. The first-order chi connectivity index (χ1) is 11.0. The van der Waals surface area contributed by atoms with Crippen molar-refractivity contribution in [1.82, 2.24) is 5.32 Å². The fourth-order valence-corrected chi connectivity index (χ4v) is 3.07. The number of ether oxygens (including phenoxy) is 1. The second-order valence-electron chi connectivity index (χ2n) is 6.49. The Morgan fingerprint density at radius 1 is 1.43 bits per heavy atom. The summed E-state index contributed by atoms with van der Waals surface area (Å²) in [7, 11) is 1.56. The molecule has 0 saturated carbocycles. The highest BCUT2D eigenvalue weighted by molar-refractivity contribution is 5.78. The topological polar surface area (TPSA) is 63.0 Å². The maximum absolute atomic E-state index is 12.2. The number of carbonyl (C=O) groups excluding carboxylic acids is 1. The van der Waals surface area contributed by atoms with Crippen LogP contribution in [-0.4, -0.2) is 37.3 Å². The van der Waals surface area contributed by atoms with Gasteiger partial charge < -0.3 is 20.1 Å². The van der Waals surface area contributed by atoms with Crippen molar-refractivity contribution in [2.75, 3.05) is 20.2 Å². The van der Waals surface area contributed by atoms with E-state index in [0.29, 0.717) is 5.75 Å². The van der Waals surface area contributed by atoms with Gasteiger partial charge in [-0.2, -0.15) is 0 Å². The van der Waals surface area contributed by atoms with Gasteiger partial charge in [-0.3, -0.25) is 4.79 Å². The lowest BCUT2D eigenvalue weighted by Gasteiger charge is -2.29. The van der Waals surface area contributed by atoms with Crippen LogP contribution >= 0.6 is 0 Å². The minimum Gasteiger partial charge on any atom is -0.504 e. The summed E-state index contributed by atoms with van der Waals surface area (Å²) in [5, 5.41) is 13.3. The van der Waals surface area contributed by atoms with Gasteiger partial charge in [0.2, 0.25) is 5.91 Å². The predicted molar refractivity (Wildman–Crippen MR) is 89.7 cm³/mol. The standard InChI is InChI=1S/C18H28N2O3/c1-4-13(2)19-18(22)14-8-10-20(11-9-14)12-15-6-5-7-16(23-3)17(15)21/h5-7,13-14,21H,4,8-12H2,1-3H3,(H,19,22)/p+1/t13-/m1/s1. The molecule has 1 aromatic rings. The number of methoxy groups -OCH3 is 1. The van der Waals surface area contributed by atoms with Crippen LogP contribution in [0, 0.1) is 5.92 Å². The van der Waals surface area contributed by atoms with Gasteiger partial charge in [0, 0.05) is 24.8 Å². The van der Waals surface area contributed by atoms with E-state index >= 15 is 0 Å². The Morgan fingerprint density at radius 2 is 2.13 bits per heavy atom. The quantitative estimate of drug-likeness (QED) is 0.735. The summed E-state index contributed by atoms with van der Waals surface area (Å²) < 4.78 is 5.16. The summed E-state index contributed by atoms with van der Waals surface area (Å²) in [5.41, 5.74) is 0.904. The number of benzene rings is 1. The van der Waals surface area contributed by atoms with Gasteiger partial charge >= 0.3 is 0 Å². The molecule has 3 N–H and O–H groups in total. The molecule has 0 unspecified atom stereocenters. The van der Waals surface area contributed by atoms with Crippen LogP contribution in [0.3, 0.4) is 0 Å². The average molecular weight is 321 g/mol. The summed E-state index contributed by atoms with van der Waals surface area (Å²) in [6.45, 7) is 6.80. The number of para-hydroxylation sites is 1. The van der Waals surface area contributed by atoms with Gasteiger partial charge in [-0.15, -0.1) is 0 Å². The first-order valence-corrected chi connectivity index (χ1v) is 8.53. The lowest BCUT2D eigenvalue weighted by Crippen LogP contribution is -3.11. The number of phenols is 1. The molecule has 1 aliphatic heterocycles. The summed E-state index contributed by atoms with van der Waals surface area (Å²) in [6.07, 6.45) is 2.77. The Balaban J connectivity index is 1.87. The normalized spacial score (nSPS) is 22.4. The average Bonchev–Trinajstić information content (AvgIpc) is 2.57. The van der Waals surface area contributed by atoms with E-state index in [-0.39, 0.29) is 23.6 Å².